The lowest BCUT2D eigenvalue weighted by Gasteiger charge is -2.10. The van der Waals surface area contributed by atoms with E-state index in [9.17, 15) is 9.59 Å². The molecule has 5 aromatic rings. The van der Waals surface area contributed by atoms with Crippen LogP contribution in [0.5, 0.6) is 0 Å². The fraction of sp³-hybridized carbons (Fsp3) is 0.0833. The molecule has 152 valence electrons. The second kappa shape index (κ2) is 7.53. The first-order valence-corrected chi connectivity index (χ1v) is 9.88. The molecule has 0 saturated carbocycles. The molecule has 3 heterocycles. The zero-order chi connectivity index (χ0) is 21.4. The summed E-state index contributed by atoms with van der Waals surface area (Å²) in [7, 11) is 0. The van der Waals surface area contributed by atoms with Crippen molar-refractivity contribution < 1.29 is 4.79 Å². The highest BCUT2D eigenvalue weighted by Gasteiger charge is 2.10. The van der Waals surface area contributed by atoms with Crippen LogP contribution < -0.4 is 10.7 Å². The van der Waals surface area contributed by atoms with Crippen molar-refractivity contribution in [3.8, 4) is 11.3 Å². The molecule has 2 aromatic carbocycles. The maximum atomic E-state index is 12.6. The summed E-state index contributed by atoms with van der Waals surface area (Å²) in [5.41, 5.74) is 5.02. The highest BCUT2D eigenvalue weighted by Crippen LogP contribution is 2.22. The van der Waals surface area contributed by atoms with Crippen LogP contribution in [0.3, 0.4) is 0 Å². The van der Waals surface area contributed by atoms with Gasteiger partial charge < -0.3 is 9.72 Å². The number of pyridine rings is 1. The van der Waals surface area contributed by atoms with E-state index in [1.54, 1.807) is 18.2 Å². The number of aromatic nitrogens is 4. The van der Waals surface area contributed by atoms with E-state index in [4.69, 9.17) is 4.98 Å². The highest BCUT2D eigenvalue weighted by molar-refractivity contribution is 5.91. The van der Waals surface area contributed by atoms with Crippen LogP contribution in [0.4, 0.5) is 5.69 Å². The molecule has 31 heavy (non-hydrogen) atoms. The zero-order valence-electron chi connectivity index (χ0n) is 16.8. The number of hydrogen-bond donors (Lipinski definition) is 1. The lowest BCUT2D eigenvalue weighted by atomic mass is 10.1. The summed E-state index contributed by atoms with van der Waals surface area (Å²) in [6.45, 7) is 2.04. The third-order valence-corrected chi connectivity index (χ3v) is 5.20. The number of para-hydroxylation sites is 1. The number of amides is 1. The Kier molecular flexibility index (Phi) is 4.55. The average Bonchev–Trinajstić information content (AvgIpc) is 3.22. The molecule has 0 aliphatic rings. The molecule has 0 spiro atoms. The number of carbonyl (C=O) groups is 1. The normalized spacial score (nSPS) is 11.1. The van der Waals surface area contributed by atoms with E-state index in [2.05, 4.69) is 10.4 Å². The van der Waals surface area contributed by atoms with Gasteiger partial charge in [0.2, 0.25) is 11.3 Å². The topological polar surface area (TPSA) is 81.3 Å². The van der Waals surface area contributed by atoms with Crippen LogP contribution in [0.15, 0.2) is 84.0 Å². The van der Waals surface area contributed by atoms with Gasteiger partial charge in [-0.2, -0.15) is 5.10 Å². The van der Waals surface area contributed by atoms with Crippen molar-refractivity contribution in [3.63, 3.8) is 0 Å². The number of hydrogen-bond acceptors (Lipinski definition) is 4. The van der Waals surface area contributed by atoms with Crippen molar-refractivity contribution in [2.24, 2.45) is 0 Å². The van der Waals surface area contributed by atoms with Crippen LogP contribution in [0, 0.1) is 6.92 Å². The molecular formula is C24H19N5O2. The van der Waals surface area contributed by atoms with Gasteiger partial charge in [-0.3, -0.25) is 14.3 Å². The first kappa shape index (κ1) is 18.7. The average molecular weight is 409 g/mol. The van der Waals surface area contributed by atoms with E-state index < -0.39 is 0 Å². The molecule has 0 radical (unpaired) electrons. The Balaban J connectivity index is 1.34. The number of fused-ring (bicyclic) bond motifs is 2. The fourth-order valence-electron chi connectivity index (χ4n) is 3.64. The second-order valence-electron chi connectivity index (χ2n) is 7.36. The van der Waals surface area contributed by atoms with Crippen molar-refractivity contribution in [1.29, 1.82) is 0 Å². The maximum absolute atomic E-state index is 12.6. The minimum atomic E-state index is -0.225. The van der Waals surface area contributed by atoms with Gasteiger partial charge in [-0.1, -0.05) is 30.3 Å². The molecule has 3 aromatic heterocycles. The lowest BCUT2D eigenvalue weighted by Crippen LogP contribution is -2.22. The molecule has 7 heteroatoms. The Morgan fingerprint density at radius 1 is 1.03 bits per heavy atom. The van der Waals surface area contributed by atoms with Gasteiger partial charge in [-0.25, -0.2) is 4.98 Å². The van der Waals surface area contributed by atoms with Crippen LogP contribution in [0.25, 0.3) is 27.8 Å². The van der Waals surface area contributed by atoms with Gasteiger partial charge in [-0.15, -0.1) is 0 Å². The fourth-order valence-corrected chi connectivity index (χ4v) is 3.64. The molecule has 0 bridgehead atoms. The first-order valence-electron chi connectivity index (χ1n) is 9.88. The smallest absolute Gasteiger partial charge is 0.246 e. The van der Waals surface area contributed by atoms with E-state index in [0.717, 1.165) is 22.5 Å². The molecule has 0 unspecified atom stereocenters. The van der Waals surface area contributed by atoms with Gasteiger partial charge in [0.1, 0.15) is 12.2 Å². The van der Waals surface area contributed by atoms with E-state index in [1.807, 2.05) is 66.2 Å². The molecule has 0 atom stereocenters. The number of rotatable bonds is 4. The third kappa shape index (κ3) is 3.57. The summed E-state index contributed by atoms with van der Waals surface area (Å²) in [5, 5.41) is 7.52. The number of nitrogens with zero attached hydrogens (tertiary/aromatic N) is 4. The SMILES string of the molecule is Cc1cccn2cc(-c3ccc(NC(=O)Cn4ncc(=O)c5ccccc54)cc3)nc12. The number of aryl methyl sites for hydroxylation is 1. The van der Waals surface area contributed by atoms with Crippen molar-refractivity contribution in [3.05, 3.63) is 95.0 Å². The number of imidazole rings is 1. The summed E-state index contributed by atoms with van der Waals surface area (Å²) < 4.78 is 3.53. The van der Waals surface area contributed by atoms with Crippen molar-refractivity contribution in [2.75, 3.05) is 5.32 Å². The van der Waals surface area contributed by atoms with Gasteiger partial charge in [0.15, 0.2) is 0 Å². The van der Waals surface area contributed by atoms with E-state index >= 15 is 0 Å². The predicted octanol–water partition coefficient (Wildman–Crippen LogP) is 3.66. The Labute approximate surface area is 177 Å². The van der Waals surface area contributed by atoms with E-state index in [1.165, 1.54) is 10.9 Å². The minimum Gasteiger partial charge on any atom is -0.324 e. The van der Waals surface area contributed by atoms with Crippen LogP contribution in [-0.2, 0) is 11.3 Å². The van der Waals surface area contributed by atoms with Gasteiger partial charge in [0, 0.05) is 29.0 Å². The molecule has 0 aliphatic carbocycles. The van der Waals surface area contributed by atoms with Crippen LogP contribution in [0.1, 0.15) is 5.56 Å². The monoisotopic (exact) mass is 409 g/mol. The van der Waals surface area contributed by atoms with Crippen molar-refractivity contribution in [2.45, 2.75) is 13.5 Å². The highest BCUT2D eigenvalue weighted by atomic mass is 16.2. The summed E-state index contributed by atoms with van der Waals surface area (Å²) >= 11 is 0. The Bertz CT molecular complexity index is 1480. The Morgan fingerprint density at radius 2 is 1.84 bits per heavy atom. The van der Waals surface area contributed by atoms with E-state index in [-0.39, 0.29) is 17.9 Å². The molecular weight excluding hydrogens is 390 g/mol. The summed E-state index contributed by atoms with van der Waals surface area (Å²) in [4.78, 5) is 29.2. The maximum Gasteiger partial charge on any atom is 0.246 e. The summed E-state index contributed by atoms with van der Waals surface area (Å²) in [6.07, 6.45) is 5.20. The van der Waals surface area contributed by atoms with Gasteiger partial charge in [-0.05, 0) is 42.8 Å². The zero-order valence-corrected chi connectivity index (χ0v) is 16.8. The van der Waals surface area contributed by atoms with Gasteiger partial charge in [0.05, 0.1) is 17.4 Å². The number of anilines is 1. The van der Waals surface area contributed by atoms with Crippen molar-refractivity contribution in [1.82, 2.24) is 19.2 Å². The quantitative estimate of drug-likeness (QED) is 0.491. The largest absolute Gasteiger partial charge is 0.324 e. The Hall–Kier alpha value is -4.26. The molecule has 1 amide bonds. The lowest BCUT2D eigenvalue weighted by molar-refractivity contribution is -0.116. The molecule has 7 nitrogen and oxygen atoms in total. The van der Waals surface area contributed by atoms with Crippen LogP contribution in [-0.4, -0.2) is 25.1 Å². The standard InChI is InChI=1S/C24H19N5O2/c1-16-5-4-12-28-14-20(27-24(16)28)17-8-10-18(11-9-17)26-23(31)15-29-21-7-3-2-6-19(21)22(30)13-25-29/h2-14H,15H2,1H3,(H,26,31). The minimum absolute atomic E-state index is 0.00819. The summed E-state index contributed by atoms with van der Waals surface area (Å²) in [6, 6.07) is 18.7. The number of benzene rings is 2. The van der Waals surface area contributed by atoms with Crippen LogP contribution >= 0.6 is 0 Å². The molecule has 0 saturated heterocycles. The van der Waals surface area contributed by atoms with Crippen LogP contribution in [0.2, 0.25) is 0 Å². The number of carbonyl (C=O) groups excluding carboxylic acids is 1. The van der Waals surface area contributed by atoms with Gasteiger partial charge >= 0.3 is 0 Å². The van der Waals surface area contributed by atoms with Gasteiger partial charge in [0.25, 0.3) is 0 Å². The second-order valence-corrected chi connectivity index (χ2v) is 7.36. The predicted molar refractivity (Wildman–Crippen MR) is 120 cm³/mol. The van der Waals surface area contributed by atoms with E-state index in [0.29, 0.717) is 16.6 Å². The summed E-state index contributed by atoms with van der Waals surface area (Å²) in [5.74, 6) is -0.225. The molecule has 1 N–H and O–H groups in total. The third-order valence-electron chi connectivity index (χ3n) is 5.20. The molecule has 0 aliphatic heterocycles. The van der Waals surface area contributed by atoms with Crippen molar-refractivity contribution >= 4 is 28.1 Å². The Morgan fingerprint density at radius 3 is 2.65 bits per heavy atom. The number of nitrogens with one attached hydrogen (secondary N) is 1. The molecule has 5 rings (SSSR count). The first-order chi connectivity index (χ1) is 15.1. The molecule has 0 fully saturated rings.